The molecule has 1 aliphatic heterocycles. The van der Waals surface area contributed by atoms with E-state index < -0.39 is 52.4 Å². The SMILES string of the molecule is C=C1C[C@]23C[C@H]1[C@@H](O)C[C@H]2[C@@]12C=C[C@H](O)[C@](C)(C(=O)O1)[C@H]2[C@@H]3C(=O)O. The minimum Gasteiger partial charge on any atom is -0.481 e. The Morgan fingerprint density at radius 3 is 2.80 bits per heavy atom. The Morgan fingerprint density at radius 2 is 2.12 bits per heavy atom. The van der Waals surface area contributed by atoms with Crippen molar-refractivity contribution >= 4 is 11.9 Å². The van der Waals surface area contributed by atoms with Crippen molar-refractivity contribution in [3.05, 3.63) is 24.3 Å². The Kier molecular flexibility index (Phi) is 2.60. The zero-order valence-electron chi connectivity index (χ0n) is 14.0. The smallest absolute Gasteiger partial charge is 0.316 e. The number of aliphatic hydroxyl groups excluding tert-OH is 2. The van der Waals surface area contributed by atoms with Gasteiger partial charge in [-0.05, 0) is 37.7 Å². The van der Waals surface area contributed by atoms with Crippen LogP contribution in [0.1, 0.15) is 26.2 Å². The number of carbonyl (C=O) groups excluding carboxylic acids is 1. The van der Waals surface area contributed by atoms with E-state index in [4.69, 9.17) is 4.74 Å². The summed E-state index contributed by atoms with van der Waals surface area (Å²) in [6.07, 6.45) is 3.11. The Hall–Kier alpha value is -1.66. The third-order valence-corrected chi connectivity index (χ3v) is 8.07. The monoisotopic (exact) mass is 346 g/mol. The molecule has 0 radical (unpaired) electrons. The fraction of sp³-hybridized carbons (Fsp3) is 0.684. The molecule has 0 unspecified atom stereocenters. The lowest BCUT2D eigenvalue weighted by molar-refractivity contribution is -0.163. The number of fused-ring (bicyclic) bond motifs is 1. The van der Waals surface area contributed by atoms with Crippen LogP contribution >= 0.6 is 0 Å². The number of esters is 1. The van der Waals surface area contributed by atoms with Crippen molar-refractivity contribution in [2.24, 2.45) is 34.5 Å². The van der Waals surface area contributed by atoms with Gasteiger partial charge in [-0.25, -0.2) is 0 Å². The summed E-state index contributed by atoms with van der Waals surface area (Å²) in [5.74, 6) is -3.29. The zero-order chi connectivity index (χ0) is 17.9. The van der Waals surface area contributed by atoms with Crippen LogP contribution in [-0.4, -0.2) is 45.1 Å². The summed E-state index contributed by atoms with van der Waals surface area (Å²) in [5.41, 5.74) is -2.00. The van der Waals surface area contributed by atoms with Gasteiger partial charge < -0.3 is 20.1 Å². The van der Waals surface area contributed by atoms with E-state index >= 15 is 0 Å². The minimum atomic E-state index is -1.27. The van der Waals surface area contributed by atoms with Gasteiger partial charge in [0, 0.05) is 17.8 Å². The molecule has 9 atom stereocenters. The van der Waals surface area contributed by atoms with Gasteiger partial charge in [-0.15, -0.1) is 0 Å². The van der Waals surface area contributed by atoms with E-state index in [1.807, 2.05) is 0 Å². The van der Waals surface area contributed by atoms with E-state index in [1.54, 1.807) is 19.1 Å². The second-order valence-electron chi connectivity index (χ2n) is 8.86. The number of hydrogen-bond acceptors (Lipinski definition) is 5. The van der Waals surface area contributed by atoms with Gasteiger partial charge in [0.05, 0.1) is 18.1 Å². The topological polar surface area (TPSA) is 104 Å². The van der Waals surface area contributed by atoms with E-state index in [0.717, 1.165) is 5.57 Å². The molecule has 6 heteroatoms. The van der Waals surface area contributed by atoms with Crippen LogP contribution in [0.2, 0.25) is 0 Å². The van der Waals surface area contributed by atoms with Gasteiger partial charge in [-0.3, -0.25) is 9.59 Å². The molecule has 4 fully saturated rings. The second kappa shape index (κ2) is 4.18. The minimum absolute atomic E-state index is 0.0920. The first-order valence-electron chi connectivity index (χ1n) is 8.88. The molecule has 4 aliphatic carbocycles. The van der Waals surface area contributed by atoms with Crippen molar-refractivity contribution in [2.45, 2.75) is 44.0 Å². The predicted octanol–water partition coefficient (Wildman–Crippen LogP) is 0.883. The van der Waals surface area contributed by atoms with E-state index in [9.17, 15) is 24.9 Å². The van der Waals surface area contributed by atoms with Crippen LogP contribution in [0.3, 0.4) is 0 Å². The molecule has 1 spiro atoms. The Morgan fingerprint density at radius 1 is 1.40 bits per heavy atom. The first-order chi connectivity index (χ1) is 11.7. The second-order valence-corrected chi connectivity index (χ2v) is 8.86. The van der Waals surface area contributed by atoms with Crippen molar-refractivity contribution < 1.29 is 29.6 Å². The number of hydrogen-bond donors (Lipinski definition) is 3. The summed E-state index contributed by atoms with van der Waals surface area (Å²) in [6.45, 7) is 5.72. The number of carboxylic acid groups (broad SMARTS) is 1. The first-order valence-corrected chi connectivity index (χ1v) is 8.88. The molecule has 0 aromatic rings. The van der Waals surface area contributed by atoms with Crippen molar-refractivity contribution in [3.8, 4) is 0 Å². The van der Waals surface area contributed by atoms with Crippen LogP contribution in [0.15, 0.2) is 24.3 Å². The normalized spacial score (nSPS) is 58.0. The summed E-state index contributed by atoms with van der Waals surface area (Å²) in [7, 11) is 0. The highest BCUT2D eigenvalue weighted by molar-refractivity contribution is 5.86. The number of aliphatic hydroxyl groups is 2. The molecule has 0 aromatic heterocycles. The van der Waals surface area contributed by atoms with E-state index in [0.29, 0.717) is 19.3 Å². The molecule has 3 saturated carbocycles. The number of aliphatic carboxylic acids is 1. The fourth-order valence-electron chi connectivity index (χ4n) is 7.13. The number of carboxylic acids is 1. The molecule has 5 rings (SSSR count). The highest BCUT2D eigenvalue weighted by Gasteiger charge is 2.83. The largest absolute Gasteiger partial charge is 0.481 e. The highest BCUT2D eigenvalue weighted by Crippen LogP contribution is 2.76. The summed E-state index contributed by atoms with van der Waals surface area (Å²) in [5, 5.41) is 31.3. The van der Waals surface area contributed by atoms with Crippen LogP contribution in [0, 0.1) is 34.5 Å². The number of ether oxygens (including phenoxy) is 1. The average molecular weight is 346 g/mol. The van der Waals surface area contributed by atoms with Gasteiger partial charge in [-0.2, -0.15) is 0 Å². The van der Waals surface area contributed by atoms with Gasteiger partial charge in [-0.1, -0.05) is 18.2 Å². The fourth-order valence-corrected chi connectivity index (χ4v) is 7.13. The van der Waals surface area contributed by atoms with E-state index in [2.05, 4.69) is 6.58 Å². The number of rotatable bonds is 1. The van der Waals surface area contributed by atoms with Gasteiger partial charge >= 0.3 is 11.9 Å². The standard InChI is InChI=1S/C19H22O6/c1-8-6-18-7-9(8)10(20)5-11(18)19-4-3-12(21)17(2,16(24)25-19)14(19)13(18)15(22)23/h3-4,9-14,20-21H,1,5-7H2,2H3,(H,22,23)/t9-,10+,11-,12+,13-,14-,17+,18+,19-/m1/s1. The van der Waals surface area contributed by atoms with Crippen LogP contribution in [0.4, 0.5) is 0 Å². The van der Waals surface area contributed by atoms with Gasteiger partial charge in [0.1, 0.15) is 11.0 Å². The summed E-state index contributed by atoms with van der Waals surface area (Å²) in [6, 6.07) is 0. The average Bonchev–Trinajstić information content (AvgIpc) is 3.02. The van der Waals surface area contributed by atoms with Crippen molar-refractivity contribution in [1.82, 2.24) is 0 Å². The van der Waals surface area contributed by atoms with Gasteiger partial charge in [0.25, 0.3) is 0 Å². The molecule has 3 N–H and O–H groups in total. The van der Waals surface area contributed by atoms with Gasteiger partial charge in [0.15, 0.2) is 0 Å². The van der Waals surface area contributed by atoms with Gasteiger partial charge in [0.2, 0.25) is 0 Å². The highest BCUT2D eigenvalue weighted by atomic mass is 16.6. The molecular formula is C19H22O6. The maximum atomic E-state index is 12.7. The molecule has 134 valence electrons. The third kappa shape index (κ3) is 1.40. The molecule has 25 heavy (non-hydrogen) atoms. The summed E-state index contributed by atoms with van der Waals surface area (Å²) in [4.78, 5) is 25.1. The van der Waals surface area contributed by atoms with Crippen LogP contribution in [0.25, 0.3) is 0 Å². The molecule has 0 amide bonds. The molecular weight excluding hydrogens is 324 g/mol. The lowest BCUT2D eigenvalue weighted by Crippen LogP contribution is -2.50. The molecule has 4 bridgehead atoms. The first kappa shape index (κ1) is 15.6. The van der Waals surface area contributed by atoms with Crippen LogP contribution < -0.4 is 0 Å². The quantitative estimate of drug-likeness (QED) is 0.481. The maximum Gasteiger partial charge on any atom is 0.316 e. The molecule has 1 saturated heterocycles. The van der Waals surface area contributed by atoms with Crippen molar-refractivity contribution in [1.29, 1.82) is 0 Å². The van der Waals surface area contributed by atoms with Crippen molar-refractivity contribution in [3.63, 3.8) is 0 Å². The van der Waals surface area contributed by atoms with Crippen molar-refractivity contribution in [2.75, 3.05) is 0 Å². The predicted molar refractivity (Wildman–Crippen MR) is 85.1 cm³/mol. The lowest BCUT2D eigenvalue weighted by atomic mass is 9.61. The number of carbonyl (C=O) groups is 2. The lowest BCUT2D eigenvalue weighted by Gasteiger charge is -2.44. The molecule has 0 aromatic carbocycles. The van der Waals surface area contributed by atoms with E-state index in [1.165, 1.54) is 0 Å². The molecule has 1 heterocycles. The Balaban J connectivity index is 1.78. The molecule has 6 nitrogen and oxygen atoms in total. The third-order valence-electron chi connectivity index (χ3n) is 8.07. The summed E-state index contributed by atoms with van der Waals surface area (Å²) < 4.78 is 5.86. The summed E-state index contributed by atoms with van der Waals surface area (Å²) >= 11 is 0. The van der Waals surface area contributed by atoms with E-state index in [-0.39, 0.29) is 11.8 Å². The zero-order valence-corrected chi connectivity index (χ0v) is 14.0. The van der Waals surface area contributed by atoms with Crippen LogP contribution in [-0.2, 0) is 14.3 Å². The Labute approximate surface area is 145 Å². The van der Waals surface area contributed by atoms with Crippen LogP contribution in [0.5, 0.6) is 0 Å². The maximum absolute atomic E-state index is 12.7. The Bertz CT molecular complexity index is 757. The molecule has 5 aliphatic rings.